The summed E-state index contributed by atoms with van der Waals surface area (Å²) >= 11 is 0. The molecule has 0 amide bonds. The monoisotopic (exact) mass is 729 g/mol. The van der Waals surface area contributed by atoms with Crippen LogP contribution in [0.25, 0.3) is 77.2 Å². The minimum atomic E-state index is -0.138. The zero-order valence-electron chi connectivity index (χ0n) is 31.9. The molecule has 1 aliphatic carbocycles. The van der Waals surface area contributed by atoms with Crippen LogP contribution < -0.4 is 4.90 Å². The van der Waals surface area contributed by atoms with E-state index in [1.54, 1.807) is 0 Å². The topological polar surface area (TPSA) is 16.4 Å². The maximum Gasteiger partial charge on any atom is 0.136 e. The molecular formula is C55H39NO. The van der Waals surface area contributed by atoms with Crippen LogP contribution in [0, 0.1) is 0 Å². The molecule has 0 N–H and O–H groups in total. The van der Waals surface area contributed by atoms with Gasteiger partial charge in [-0.3, -0.25) is 0 Å². The van der Waals surface area contributed by atoms with Gasteiger partial charge in [-0.1, -0.05) is 159 Å². The van der Waals surface area contributed by atoms with Gasteiger partial charge in [-0.05, 0) is 110 Å². The molecule has 1 aliphatic rings. The third-order valence-electron chi connectivity index (χ3n) is 12.1. The van der Waals surface area contributed by atoms with Crippen molar-refractivity contribution in [1.29, 1.82) is 0 Å². The molecule has 0 unspecified atom stereocenters. The van der Waals surface area contributed by atoms with Crippen LogP contribution in [0.2, 0.25) is 0 Å². The van der Waals surface area contributed by atoms with E-state index in [4.69, 9.17) is 4.42 Å². The zero-order valence-corrected chi connectivity index (χ0v) is 31.9. The Bertz CT molecular complexity index is 3150. The van der Waals surface area contributed by atoms with Crippen LogP contribution in [0.3, 0.4) is 0 Å². The Morgan fingerprint density at radius 1 is 0.404 bits per heavy atom. The Kier molecular flexibility index (Phi) is 7.55. The Morgan fingerprint density at radius 3 is 1.89 bits per heavy atom. The van der Waals surface area contributed by atoms with Crippen molar-refractivity contribution in [2.75, 3.05) is 4.90 Å². The van der Waals surface area contributed by atoms with Gasteiger partial charge in [0.15, 0.2) is 0 Å². The molecule has 1 heterocycles. The number of anilines is 3. The number of rotatable bonds is 6. The molecule has 1 aromatic heterocycles. The summed E-state index contributed by atoms with van der Waals surface area (Å²) in [5.74, 6) is 0. The van der Waals surface area contributed by atoms with E-state index in [1.807, 2.05) is 6.07 Å². The highest BCUT2D eigenvalue weighted by Crippen LogP contribution is 2.52. The Morgan fingerprint density at radius 2 is 1.04 bits per heavy atom. The van der Waals surface area contributed by atoms with Gasteiger partial charge in [-0.2, -0.15) is 0 Å². The molecule has 0 spiro atoms. The second-order valence-electron chi connectivity index (χ2n) is 15.7. The van der Waals surface area contributed by atoms with E-state index in [0.717, 1.165) is 55.7 Å². The molecule has 0 saturated heterocycles. The van der Waals surface area contributed by atoms with Gasteiger partial charge in [0.2, 0.25) is 0 Å². The number of hydrogen-bond donors (Lipinski definition) is 0. The first-order valence-corrected chi connectivity index (χ1v) is 19.8. The number of benzene rings is 9. The first-order chi connectivity index (χ1) is 28.0. The molecule has 10 aromatic rings. The smallest absolute Gasteiger partial charge is 0.136 e. The molecule has 0 radical (unpaired) electrons. The fraction of sp³-hybridized carbons (Fsp3) is 0.0545. The van der Waals surface area contributed by atoms with Crippen molar-refractivity contribution >= 4 is 49.8 Å². The number of fused-ring (bicyclic) bond motifs is 7. The Balaban J connectivity index is 1.17. The zero-order chi connectivity index (χ0) is 38.1. The summed E-state index contributed by atoms with van der Waals surface area (Å²) in [5, 5.41) is 4.67. The molecule has 0 aliphatic heterocycles. The third-order valence-corrected chi connectivity index (χ3v) is 12.1. The van der Waals surface area contributed by atoms with Crippen molar-refractivity contribution in [2.45, 2.75) is 19.3 Å². The lowest BCUT2D eigenvalue weighted by molar-refractivity contribution is 0.660. The predicted molar refractivity (Wildman–Crippen MR) is 240 cm³/mol. The normalized spacial score (nSPS) is 12.9. The maximum absolute atomic E-state index is 6.54. The van der Waals surface area contributed by atoms with E-state index in [2.05, 4.69) is 213 Å². The molecule has 0 atom stereocenters. The molecule has 11 rings (SSSR count). The van der Waals surface area contributed by atoms with Gasteiger partial charge >= 0.3 is 0 Å². The summed E-state index contributed by atoms with van der Waals surface area (Å²) in [7, 11) is 0. The fourth-order valence-corrected chi connectivity index (χ4v) is 9.27. The van der Waals surface area contributed by atoms with Crippen molar-refractivity contribution < 1.29 is 4.42 Å². The maximum atomic E-state index is 6.54. The van der Waals surface area contributed by atoms with Crippen LogP contribution in [0.1, 0.15) is 25.0 Å². The average Bonchev–Trinajstić information content (AvgIpc) is 3.76. The highest BCUT2D eigenvalue weighted by atomic mass is 16.3. The average molecular weight is 730 g/mol. The minimum absolute atomic E-state index is 0.138. The quantitative estimate of drug-likeness (QED) is 0.169. The number of hydrogen-bond acceptors (Lipinski definition) is 2. The summed E-state index contributed by atoms with van der Waals surface area (Å²) in [6, 6.07) is 72.7. The van der Waals surface area contributed by atoms with Crippen LogP contribution in [0.5, 0.6) is 0 Å². The van der Waals surface area contributed by atoms with E-state index < -0.39 is 0 Å². The van der Waals surface area contributed by atoms with Crippen LogP contribution in [-0.4, -0.2) is 0 Å². The van der Waals surface area contributed by atoms with E-state index in [-0.39, 0.29) is 5.41 Å². The number of furan rings is 1. The molecular weight excluding hydrogens is 691 g/mol. The highest BCUT2D eigenvalue weighted by molar-refractivity contribution is 6.17. The lowest BCUT2D eigenvalue weighted by Gasteiger charge is -2.30. The Hall–Kier alpha value is -7.16. The van der Waals surface area contributed by atoms with Crippen LogP contribution in [0.4, 0.5) is 17.1 Å². The fourth-order valence-electron chi connectivity index (χ4n) is 9.27. The first-order valence-electron chi connectivity index (χ1n) is 19.8. The second-order valence-corrected chi connectivity index (χ2v) is 15.7. The first kappa shape index (κ1) is 33.2. The molecule has 270 valence electrons. The molecule has 0 fully saturated rings. The van der Waals surface area contributed by atoms with Gasteiger partial charge in [0, 0.05) is 38.7 Å². The van der Waals surface area contributed by atoms with Crippen LogP contribution >= 0.6 is 0 Å². The summed E-state index contributed by atoms with van der Waals surface area (Å²) in [4.78, 5) is 2.45. The molecule has 2 heteroatoms. The van der Waals surface area contributed by atoms with Gasteiger partial charge in [-0.15, -0.1) is 0 Å². The van der Waals surface area contributed by atoms with Gasteiger partial charge in [0.05, 0.1) is 5.69 Å². The van der Waals surface area contributed by atoms with Crippen molar-refractivity contribution in [1.82, 2.24) is 0 Å². The van der Waals surface area contributed by atoms with Gasteiger partial charge in [0.25, 0.3) is 0 Å². The second kappa shape index (κ2) is 13.0. The lowest BCUT2D eigenvalue weighted by atomic mass is 9.82. The predicted octanol–water partition coefficient (Wildman–Crippen LogP) is 15.5. The standard InChI is InChI=1S/C55H39NO/c1-55(2)48-21-11-8-18-43(48)44-31-30-42(35-49(44)55)56(41-28-26-38(27-29-41)36-14-4-3-5-15-36)50-22-12-9-19-45(50)46-32-33-52-54(47-20-10-13-23-51(47)57-52)53(46)40-25-24-37-16-6-7-17-39(37)34-40/h3-35H,1-2H3. The van der Waals surface area contributed by atoms with E-state index in [1.165, 1.54) is 49.7 Å². The van der Waals surface area contributed by atoms with Crippen LogP contribution in [-0.2, 0) is 5.41 Å². The van der Waals surface area contributed by atoms with E-state index in [0.29, 0.717) is 0 Å². The van der Waals surface area contributed by atoms with Crippen molar-refractivity contribution in [3.05, 3.63) is 211 Å². The molecule has 0 bridgehead atoms. The lowest BCUT2D eigenvalue weighted by Crippen LogP contribution is -2.17. The van der Waals surface area contributed by atoms with Gasteiger partial charge in [0.1, 0.15) is 11.2 Å². The van der Waals surface area contributed by atoms with Crippen LogP contribution in [0.15, 0.2) is 205 Å². The van der Waals surface area contributed by atoms with E-state index >= 15 is 0 Å². The van der Waals surface area contributed by atoms with Crippen molar-refractivity contribution in [2.24, 2.45) is 0 Å². The molecule has 9 aromatic carbocycles. The summed E-state index contributed by atoms with van der Waals surface area (Å²) in [6.45, 7) is 4.71. The van der Waals surface area contributed by atoms with Crippen molar-refractivity contribution in [3.63, 3.8) is 0 Å². The Labute approximate surface area is 332 Å². The summed E-state index contributed by atoms with van der Waals surface area (Å²) in [6.07, 6.45) is 0. The number of nitrogens with zero attached hydrogens (tertiary/aromatic N) is 1. The highest BCUT2D eigenvalue weighted by Gasteiger charge is 2.36. The third kappa shape index (κ3) is 5.33. The van der Waals surface area contributed by atoms with Gasteiger partial charge < -0.3 is 9.32 Å². The molecule has 2 nitrogen and oxygen atoms in total. The van der Waals surface area contributed by atoms with Crippen molar-refractivity contribution in [3.8, 4) is 44.5 Å². The number of para-hydroxylation sites is 2. The van der Waals surface area contributed by atoms with Gasteiger partial charge in [-0.25, -0.2) is 0 Å². The molecule has 57 heavy (non-hydrogen) atoms. The molecule has 0 saturated carbocycles. The minimum Gasteiger partial charge on any atom is -0.456 e. The largest absolute Gasteiger partial charge is 0.456 e. The summed E-state index contributed by atoms with van der Waals surface area (Å²) < 4.78 is 6.54. The summed E-state index contributed by atoms with van der Waals surface area (Å²) in [5.41, 5.74) is 17.3. The van der Waals surface area contributed by atoms with E-state index in [9.17, 15) is 0 Å². The SMILES string of the molecule is CC1(C)c2ccccc2-c2ccc(N(c3ccc(-c4ccccc4)cc3)c3ccccc3-c3ccc4oc5ccccc5c4c3-c3ccc4ccccc4c3)cc21.